The first-order valence-corrected chi connectivity index (χ1v) is 8.24. The molecule has 0 radical (unpaired) electrons. The Kier molecular flexibility index (Phi) is 5.50. The first kappa shape index (κ1) is 14.3. The third-order valence-corrected chi connectivity index (χ3v) is 5.45. The predicted molar refractivity (Wildman–Crippen MR) is 78.7 cm³/mol. The molecule has 0 aromatic rings. The lowest BCUT2D eigenvalue weighted by Gasteiger charge is -2.42. The molecule has 2 nitrogen and oxygen atoms in total. The predicted octanol–water partition coefficient (Wildman–Crippen LogP) is 3.55. The number of rotatable bonds is 6. The SMILES string of the molecule is CCCCCC(CN)N1CCC2(CCCC2)CC1. The van der Waals surface area contributed by atoms with Crippen LogP contribution < -0.4 is 5.73 Å². The van der Waals surface area contributed by atoms with Crippen molar-refractivity contribution in [2.24, 2.45) is 11.1 Å². The second kappa shape index (κ2) is 6.91. The summed E-state index contributed by atoms with van der Waals surface area (Å²) in [6, 6.07) is 0.662. The van der Waals surface area contributed by atoms with Gasteiger partial charge < -0.3 is 5.73 Å². The number of likely N-dealkylation sites (tertiary alicyclic amines) is 1. The molecule has 0 bridgehead atoms. The van der Waals surface area contributed by atoms with Gasteiger partial charge in [0.15, 0.2) is 0 Å². The van der Waals surface area contributed by atoms with E-state index in [0.717, 1.165) is 12.0 Å². The maximum atomic E-state index is 5.99. The average Bonchev–Trinajstić information content (AvgIpc) is 2.85. The van der Waals surface area contributed by atoms with E-state index in [1.54, 1.807) is 0 Å². The molecule has 0 aromatic carbocycles. The smallest absolute Gasteiger partial charge is 0.0218 e. The molecule has 1 spiro atoms. The molecule has 1 aliphatic heterocycles. The molecule has 1 saturated heterocycles. The number of nitrogens with two attached hydrogens (primary N) is 1. The van der Waals surface area contributed by atoms with Crippen molar-refractivity contribution in [1.82, 2.24) is 4.90 Å². The highest BCUT2D eigenvalue weighted by Gasteiger charge is 2.37. The zero-order valence-electron chi connectivity index (χ0n) is 12.3. The van der Waals surface area contributed by atoms with Crippen molar-refractivity contribution < 1.29 is 0 Å². The fourth-order valence-corrected chi connectivity index (χ4v) is 4.07. The standard InChI is InChI=1S/C16H32N2/c1-2-3-4-7-15(14-17)18-12-10-16(11-13-18)8-5-6-9-16/h15H,2-14,17H2,1H3. The summed E-state index contributed by atoms with van der Waals surface area (Å²) < 4.78 is 0. The molecule has 0 amide bonds. The van der Waals surface area contributed by atoms with Gasteiger partial charge in [0.2, 0.25) is 0 Å². The minimum Gasteiger partial charge on any atom is -0.329 e. The Hall–Kier alpha value is -0.0800. The van der Waals surface area contributed by atoms with Gasteiger partial charge in [-0.25, -0.2) is 0 Å². The van der Waals surface area contributed by atoms with E-state index in [4.69, 9.17) is 5.73 Å². The maximum Gasteiger partial charge on any atom is 0.0218 e. The van der Waals surface area contributed by atoms with Crippen LogP contribution in [0.5, 0.6) is 0 Å². The molecule has 2 heteroatoms. The molecular formula is C16H32N2. The van der Waals surface area contributed by atoms with Crippen LogP contribution in [0, 0.1) is 5.41 Å². The highest BCUT2D eigenvalue weighted by molar-refractivity contribution is 4.91. The molecule has 2 rings (SSSR count). The summed E-state index contributed by atoms with van der Waals surface area (Å²) in [5.74, 6) is 0. The minimum atomic E-state index is 0.662. The summed E-state index contributed by atoms with van der Waals surface area (Å²) in [6.45, 7) is 5.76. The van der Waals surface area contributed by atoms with Gasteiger partial charge in [0.1, 0.15) is 0 Å². The fourth-order valence-electron chi connectivity index (χ4n) is 4.07. The zero-order valence-corrected chi connectivity index (χ0v) is 12.3. The average molecular weight is 252 g/mol. The number of nitrogens with zero attached hydrogens (tertiary/aromatic N) is 1. The number of unbranched alkanes of at least 4 members (excludes halogenated alkanes) is 2. The highest BCUT2D eigenvalue weighted by Crippen LogP contribution is 2.46. The van der Waals surface area contributed by atoms with Crippen molar-refractivity contribution in [2.45, 2.75) is 77.2 Å². The van der Waals surface area contributed by atoms with Crippen LogP contribution in [0.25, 0.3) is 0 Å². The van der Waals surface area contributed by atoms with Gasteiger partial charge >= 0.3 is 0 Å². The molecule has 2 aliphatic rings. The monoisotopic (exact) mass is 252 g/mol. The molecule has 1 heterocycles. The van der Waals surface area contributed by atoms with Crippen molar-refractivity contribution in [1.29, 1.82) is 0 Å². The van der Waals surface area contributed by atoms with E-state index in [1.807, 2.05) is 0 Å². The Morgan fingerprint density at radius 3 is 2.28 bits per heavy atom. The lowest BCUT2D eigenvalue weighted by atomic mass is 9.76. The van der Waals surface area contributed by atoms with Crippen LogP contribution in [-0.2, 0) is 0 Å². The van der Waals surface area contributed by atoms with E-state index in [9.17, 15) is 0 Å². The Morgan fingerprint density at radius 1 is 1.06 bits per heavy atom. The van der Waals surface area contributed by atoms with Gasteiger partial charge in [-0.05, 0) is 50.6 Å². The summed E-state index contributed by atoms with van der Waals surface area (Å²) in [7, 11) is 0. The summed E-state index contributed by atoms with van der Waals surface area (Å²) in [5.41, 5.74) is 6.74. The van der Waals surface area contributed by atoms with Gasteiger partial charge in [0.25, 0.3) is 0 Å². The molecule has 1 aliphatic carbocycles. The van der Waals surface area contributed by atoms with E-state index < -0.39 is 0 Å². The van der Waals surface area contributed by atoms with E-state index >= 15 is 0 Å². The van der Waals surface area contributed by atoms with Crippen LogP contribution >= 0.6 is 0 Å². The molecule has 1 atom stereocenters. The van der Waals surface area contributed by atoms with Crippen molar-refractivity contribution in [3.63, 3.8) is 0 Å². The Morgan fingerprint density at radius 2 is 1.72 bits per heavy atom. The first-order chi connectivity index (χ1) is 8.79. The van der Waals surface area contributed by atoms with Crippen LogP contribution in [0.1, 0.15) is 71.1 Å². The fraction of sp³-hybridized carbons (Fsp3) is 1.00. The van der Waals surface area contributed by atoms with Gasteiger partial charge in [-0.1, -0.05) is 39.0 Å². The van der Waals surface area contributed by atoms with Gasteiger partial charge in [-0.3, -0.25) is 4.90 Å². The van der Waals surface area contributed by atoms with Crippen LogP contribution in [0.3, 0.4) is 0 Å². The molecular weight excluding hydrogens is 220 g/mol. The maximum absolute atomic E-state index is 5.99. The Bertz CT molecular complexity index is 223. The van der Waals surface area contributed by atoms with Gasteiger partial charge in [-0.15, -0.1) is 0 Å². The Balaban J connectivity index is 1.76. The second-order valence-electron chi connectivity index (χ2n) is 6.63. The molecule has 2 fully saturated rings. The van der Waals surface area contributed by atoms with Crippen LogP contribution in [0.15, 0.2) is 0 Å². The number of hydrogen-bond donors (Lipinski definition) is 1. The van der Waals surface area contributed by atoms with Crippen molar-refractivity contribution in [3.8, 4) is 0 Å². The van der Waals surface area contributed by atoms with Gasteiger partial charge in [0, 0.05) is 12.6 Å². The lowest BCUT2D eigenvalue weighted by molar-refractivity contribution is 0.0742. The molecule has 2 N–H and O–H groups in total. The van der Waals surface area contributed by atoms with Crippen LogP contribution in [0.4, 0.5) is 0 Å². The Labute approximate surface area is 113 Å². The summed E-state index contributed by atoms with van der Waals surface area (Å²) >= 11 is 0. The largest absolute Gasteiger partial charge is 0.329 e. The second-order valence-corrected chi connectivity index (χ2v) is 6.63. The van der Waals surface area contributed by atoms with E-state index in [-0.39, 0.29) is 0 Å². The first-order valence-electron chi connectivity index (χ1n) is 8.24. The highest BCUT2D eigenvalue weighted by atomic mass is 15.2. The third kappa shape index (κ3) is 3.48. The molecule has 1 unspecified atom stereocenters. The van der Waals surface area contributed by atoms with Crippen LogP contribution in [0.2, 0.25) is 0 Å². The van der Waals surface area contributed by atoms with E-state index in [0.29, 0.717) is 6.04 Å². The normalized spacial score (nSPS) is 25.7. The van der Waals surface area contributed by atoms with Crippen molar-refractivity contribution >= 4 is 0 Å². The quantitative estimate of drug-likeness (QED) is 0.733. The molecule has 106 valence electrons. The zero-order chi connectivity index (χ0) is 12.8. The lowest BCUT2D eigenvalue weighted by Crippen LogP contribution is -2.47. The van der Waals surface area contributed by atoms with Crippen molar-refractivity contribution in [2.75, 3.05) is 19.6 Å². The summed E-state index contributed by atoms with van der Waals surface area (Å²) in [4.78, 5) is 2.69. The third-order valence-electron chi connectivity index (χ3n) is 5.45. The summed E-state index contributed by atoms with van der Waals surface area (Å²) in [6.07, 6.45) is 14.2. The summed E-state index contributed by atoms with van der Waals surface area (Å²) in [5, 5.41) is 0. The van der Waals surface area contributed by atoms with E-state index in [2.05, 4.69) is 11.8 Å². The molecule has 18 heavy (non-hydrogen) atoms. The minimum absolute atomic E-state index is 0.662. The number of hydrogen-bond acceptors (Lipinski definition) is 2. The molecule has 1 saturated carbocycles. The topological polar surface area (TPSA) is 29.3 Å². The van der Waals surface area contributed by atoms with Crippen LogP contribution in [-0.4, -0.2) is 30.6 Å². The number of piperidine rings is 1. The van der Waals surface area contributed by atoms with Gasteiger partial charge in [0.05, 0.1) is 0 Å². The van der Waals surface area contributed by atoms with Crippen molar-refractivity contribution in [3.05, 3.63) is 0 Å². The molecule has 0 aromatic heterocycles. The van der Waals surface area contributed by atoms with E-state index in [1.165, 1.54) is 77.3 Å². The van der Waals surface area contributed by atoms with Gasteiger partial charge in [-0.2, -0.15) is 0 Å².